The molecule has 0 aliphatic heterocycles. The lowest BCUT2D eigenvalue weighted by Gasteiger charge is -2.19. The van der Waals surface area contributed by atoms with Gasteiger partial charge in [-0.1, -0.05) is 82.2 Å². The fourth-order valence-corrected chi connectivity index (χ4v) is 3.97. The normalized spacial score (nSPS) is 11.9. The highest BCUT2D eigenvalue weighted by Gasteiger charge is 2.19. The van der Waals surface area contributed by atoms with Gasteiger partial charge in [-0.2, -0.15) is 0 Å². The highest BCUT2D eigenvalue weighted by atomic mass is 35.5. The fraction of sp³-hybridized carbons (Fsp3) is 0.429. The summed E-state index contributed by atoms with van der Waals surface area (Å²) >= 11 is 7.48. The summed E-state index contributed by atoms with van der Waals surface area (Å²) in [5.74, 6) is 1.36. The second-order valence-corrected chi connectivity index (χ2v) is 11.8. The summed E-state index contributed by atoms with van der Waals surface area (Å²) in [6.45, 7) is 12.8. The zero-order chi connectivity index (χ0) is 27.8. The molecular weight excluding hydrogens is 506 g/mol. The quantitative estimate of drug-likeness (QED) is 0.285. The smallest absolute Gasteiger partial charge is 0.230 e. The van der Waals surface area contributed by atoms with E-state index in [1.165, 1.54) is 22.2 Å². The molecule has 0 radical (unpaired) electrons. The van der Waals surface area contributed by atoms with Gasteiger partial charge in [0.05, 0.1) is 5.75 Å². The first kappa shape index (κ1) is 30.4. The molecule has 1 atom stereocenters. The van der Waals surface area contributed by atoms with Crippen LogP contribution in [0.15, 0.2) is 53.7 Å². The number of halogens is 1. The Hall–Kier alpha value is -2.84. The van der Waals surface area contributed by atoms with Gasteiger partial charge in [-0.25, -0.2) is 0 Å². The van der Waals surface area contributed by atoms with Crippen LogP contribution in [-0.4, -0.2) is 57.9 Å². The van der Waals surface area contributed by atoms with Gasteiger partial charge in [-0.15, -0.1) is 10.2 Å². The number of hydrogen-bond acceptors (Lipinski definition) is 5. The van der Waals surface area contributed by atoms with Crippen molar-refractivity contribution in [3.05, 3.63) is 59.1 Å². The van der Waals surface area contributed by atoms with Crippen molar-refractivity contribution < 1.29 is 9.59 Å². The molecule has 0 saturated carbocycles. The molecule has 1 N–H and O–H groups in total. The van der Waals surface area contributed by atoms with E-state index < -0.39 is 0 Å². The third kappa shape index (κ3) is 9.20. The predicted molar refractivity (Wildman–Crippen MR) is 153 cm³/mol. The lowest BCUT2D eigenvalue weighted by Crippen LogP contribution is -2.37. The Bertz CT molecular complexity index is 1150. The minimum absolute atomic E-state index is 0.0158. The van der Waals surface area contributed by atoms with Gasteiger partial charge in [0, 0.05) is 36.4 Å². The van der Waals surface area contributed by atoms with E-state index in [1.807, 2.05) is 35.8 Å². The van der Waals surface area contributed by atoms with Crippen LogP contribution in [0.25, 0.3) is 17.1 Å². The SMILES string of the molecule is CC(C)C(C)NC(=O)CSc1nnc(-c2ccc(C(C)(C)C)cc2)n1-c1ccc(Cl)cc1.CN(C)C=O. The Balaban J connectivity index is 0.000000877. The first-order valence-corrected chi connectivity index (χ1v) is 13.6. The zero-order valence-electron chi connectivity index (χ0n) is 22.9. The molecule has 9 heteroatoms. The number of amides is 2. The van der Waals surface area contributed by atoms with E-state index in [2.05, 4.69) is 74.4 Å². The minimum Gasteiger partial charge on any atom is -0.353 e. The number of carbonyl (C=O) groups is 2. The van der Waals surface area contributed by atoms with Gasteiger partial charge >= 0.3 is 0 Å². The van der Waals surface area contributed by atoms with Crippen molar-refractivity contribution in [3.8, 4) is 17.1 Å². The van der Waals surface area contributed by atoms with Crippen molar-refractivity contribution in [2.45, 2.75) is 58.2 Å². The lowest BCUT2D eigenvalue weighted by molar-refractivity contribution is -0.119. The van der Waals surface area contributed by atoms with E-state index in [4.69, 9.17) is 11.6 Å². The summed E-state index contributed by atoms with van der Waals surface area (Å²) in [6, 6.07) is 16.1. The van der Waals surface area contributed by atoms with Gasteiger partial charge < -0.3 is 10.2 Å². The molecule has 1 unspecified atom stereocenters. The maximum atomic E-state index is 12.4. The Labute approximate surface area is 230 Å². The van der Waals surface area contributed by atoms with E-state index in [0.717, 1.165) is 23.5 Å². The minimum atomic E-state index is -0.0158. The second kappa shape index (κ2) is 13.6. The molecule has 0 saturated heterocycles. The number of benzene rings is 2. The highest BCUT2D eigenvalue weighted by Crippen LogP contribution is 2.30. The maximum absolute atomic E-state index is 12.4. The van der Waals surface area contributed by atoms with Crippen LogP contribution in [0.2, 0.25) is 5.02 Å². The summed E-state index contributed by atoms with van der Waals surface area (Å²) in [6.07, 6.45) is 0.750. The number of hydrogen-bond donors (Lipinski definition) is 1. The lowest BCUT2D eigenvalue weighted by atomic mass is 9.87. The Morgan fingerprint density at radius 2 is 1.62 bits per heavy atom. The van der Waals surface area contributed by atoms with E-state index >= 15 is 0 Å². The van der Waals surface area contributed by atoms with Crippen molar-refractivity contribution in [3.63, 3.8) is 0 Å². The van der Waals surface area contributed by atoms with Crippen LogP contribution in [0.5, 0.6) is 0 Å². The molecule has 2 aromatic carbocycles. The average molecular weight is 544 g/mol. The molecule has 0 aliphatic rings. The van der Waals surface area contributed by atoms with Gasteiger partial charge in [0.1, 0.15) is 0 Å². The van der Waals surface area contributed by atoms with Crippen molar-refractivity contribution in [1.29, 1.82) is 0 Å². The number of rotatable bonds is 8. The molecule has 0 spiro atoms. The zero-order valence-corrected chi connectivity index (χ0v) is 24.5. The third-order valence-corrected chi connectivity index (χ3v) is 6.84. The number of aromatic nitrogens is 3. The van der Waals surface area contributed by atoms with Crippen LogP contribution in [-0.2, 0) is 15.0 Å². The largest absolute Gasteiger partial charge is 0.353 e. The van der Waals surface area contributed by atoms with Gasteiger partial charge in [0.15, 0.2) is 11.0 Å². The molecule has 37 heavy (non-hydrogen) atoms. The summed E-state index contributed by atoms with van der Waals surface area (Å²) in [4.78, 5) is 23.3. The van der Waals surface area contributed by atoms with E-state index in [1.54, 1.807) is 14.1 Å². The molecule has 0 fully saturated rings. The number of carbonyl (C=O) groups excluding carboxylic acids is 2. The number of nitrogens with zero attached hydrogens (tertiary/aromatic N) is 4. The Kier molecular flexibility index (Phi) is 11.2. The number of nitrogens with one attached hydrogen (secondary N) is 1. The first-order chi connectivity index (χ1) is 17.3. The van der Waals surface area contributed by atoms with Crippen molar-refractivity contribution in [1.82, 2.24) is 25.0 Å². The summed E-state index contributed by atoms with van der Waals surface area (Å²) in [5.41, 5.74) is 3.19. The Morgan fingerprint density at radius 3 is 2.11 bits per heavy atom. The maximum Gasteiger partial charge on any atom is 0.230 e. The van der Waals surface area contributed by atoms with E-state index in [9.17, 15) is 9.59 Å². The molecule has 0 aliphatic carbocycles. The van der Waals surface area contributed by atoms with Gasteiger partial charge in [0.25, 0.3) is 0 Å². The van der Waals surface area contributed by atoms with Crippen LogP contribution >= 0.6 is 23.4 Å². The van der Waals surface area contributed by atoms with Crippen LogP contribution in [0.1, 0.15) is 47.1 Å². The first-order valence-electron chi connectivity index (χ1n) is 12.2. The number of thioether (sulfide) groups is 1. The average Bonchev–Trinajstić information content (AvgIpc) is 3.27. The molecule has 3 rings (SSSR count). The molecule has 7 nitrogen and oxygen atoms in total. The van der Waals surface area contributed by atoms with E-state index in [0.29, 0.717) is 16.1 Å². The van der Waals surface area contributed by atoms with Crippen LogP contribution in [0.4, 0.5) is 0 Å². The predicted octanol–water partition coefficient (Wildman–Crippen LogP) is 5.84. The fourth-order valence-electron chi connectivity index (χ4n) is 3.08. The molecule has 0 bridgehead atoms. The van der Waals surface area contributed by atoms with Gasteiger partial charge in [-0.3, -0.25) is 14.2 Å². The second-order valence-electron chi connectivity index (χ2n) is 10.4. The van der Waals surface area contributed by atoms with Crippen molar-refractivity contribution in [2.75, 3.05) is 19.8 Å². The highest BCUT2D eigenvalue weighted by molar-refractivity contribution is 7.99. The molecular formula is C28H38ClN5O2S. The van der Waals surface area contributed by atoms with Crippen LogP contribution in [0.3, 0.4) is 0 Å². The third-order valence-electron chi connectivity index (χ3n) is 5.66. The summed E-state index contributed by atoms with van der Waals surface area (Å²) in [5, 5.41) is 13.2. The van der Waals surface area contributed by atoms with Gasteiger partial charge in [0.2, 0.25) is 12.3 Å². The van der Waals surface area contributed by atoms with Crippen molar-refractivity contribution >= 4 is 35.7 Å². The molecule has 1 aromatic heterocycles. The van der Waals surface area contributed by atoms with Crippen LogP contribution in [0, 0.1) is 5.92 Å². The Morgan fingerprint density at radius 1 is 1.05 bits per heavy atom. The van der Waals surface area contributed by atoms with E-state index in [-0.39, 0.29) is 23.1 Å². The topological polar surface area (TPSA) is 80.1 Å². The molecule has 3 aromatic rings. The summed E-state index contributed by atoms with van der Waals surface area (Å²) < 4.78 is 1.98. The standard InChI is InChI=1S/C25H31ClN4OS.C3H7NO/c1-16(2)17(3)27-22(31)15-32-24-29-28-23(30(24)21-13-11-20(26)12-14-21)18-7-9-19(10-8-18)25(4,5)6;1-4(2)3-5/h7-14,16-17H,15H2,1-6H3,(H,27,31);3H,1-2H3. The molecule has 1 heterocycles. The molecule has 2 amide bonds. The van der Waals surface area contributed by atoms with Crippen LogP contribution < -0.4 is 5.32 Å². The van der Waals surface area contributed by atoms with Gasteiger partial charge in [-0.05, 0) is 48.1 Å². The van der Waals surface area contributed by atoms with Crippen molar-refractivity contribution in [2.24, 2.45) is 5.92 Å². The molecule has 200 valence electrons. The summed E-state index contributed by atoms with van der Waals surface area (Å²) in [7, 11) is 3.38. The monoisotopic (exact) mass is 543 g/mol.